The van der Waals surface area contributed by atoms with E-state index in [4.69, 9.17) is 5.11 Å². The minimum Gasteiger partial charge on any atom is -0.478 e. The lowest BCUT2D eigenvalue weighted by atomic mass is 10.0. The van der Waals surface area contributed by atoms with Gasteiger partial charge >= 0.3 is 12.1 Å². The molecule has 1 aliphatic rings. The molecule has 2 aromatic rings. The Bertz CT molecular complexity index is 885. The van der Waals surface area contributed by atoms with Crippen LogP contribution in [0.4, 0.5) is 13.2 Å². The fraction of sp³-hybridized carbons (Fsp3) is 0.389. The van der Waals surface area contributed by atoms with E-state index in [0.717, 1.165) is 12.8 Å². The maximum atomic E-state index is 13.3. The van der Waals surface area contributed by atoms with Crippen LogP contribution in [0.2, 0.25) is 0 Å². The molecule has 1 aliphatic heterocycles. The smallest absolute Gasteiger partial charge is 0.434 e. The number of aromatic carboxylic acids is 1. The van der Waals surface area contributed by atoms with Crippen molar-refractivity contribution in [2.24, 2.45) is 0 Å². The molecule has 0 saturated carbocycles. The Balaban J connectivity index is 1.95. The van der Waals surface area contributed by atoms with Gasteiger partial charge in [0.25, 0.3) is 5.91 Å². The van der Waals surface area contributed by atoms with Gasteiger partial charge in [-0.3, -0.25) is 4.79 Å². The summed E-state index contributed by atoms with van der Waals surface area (Å²) < 4.78 is 40.4. The van der Waals surface area contributed by atoms with E-state index in [0.29, 0.717) is 23.0 Å². The van der Waals surface area contributed by atoms with Crippen LogP contribution in [0.25, 0.3) is 5.69 Å². The number of alkyl halides is 3. The van der Waals surface area contributed by atoms with Gasteiger partial charge in [0, 0.05) is 17.6 Å². The van der Waals surface area contributed by atoms with Gasteiger partial charge in [0.1, 0.15) is 5.56 Å². The molecule has 0 unspecified atom stereocenters. The number of hydrogen-bond acceptors (Lipinski definition) is 3. The van der Waals surface area contributed by atoms with Crippen molar-refractivity contribution in [2.45, 2.75) is 38.4 Å². The SMILES string of the molecule is CC1(C)CCCN1C(=O)c1ccc(-n2ncc(C(=O)O)c2C(F)(F)F)cc1. The van der Waals surface area contributed by atoms with E-state index in [1.165, 1.54) is 24.3 Å². The Hall–Kier alpha value is -2.84. The lowest BCUT2D eigenvalue weighted by molar-refractivity contribution is -0.143. The molecular formula is C18H18F3N3O3. The molecule has 6 nitrogen and oxygen atoms in total. The Morgan fingerprint density at radius 1 is 1.19 bits per heavy atom. The third kappa shape index (κ3) is 3.41. The van der Waals surface area contributed by atoms with Crippen molar-refractivity contribution in [3.63, 3.8) is 0 Å². The van der Waals surface area contributed by atoms with Gasteiger partial charge in [-0.1, -0.05) is 0 Å². The first kappa shape index (κ1) is 18.9. The molecule has 0 atom stereocenters. The van der Waals surface area contributed by atoms with Gasteiger partial charge in [0.2, 0.25) is 0 Å². The molecule has 3 rings (SSSR count). The van der Waals surface area contributed by atoms with Crippen molar-refractivity contribution in [1.29, 1.82) is 0 Å². The van der Waals surface area contributed by atoms with Gasteiger partial charge in [-0.25, -0.2) is 9.48 Å². The zero-order chi connectivity index (χ0) is 20.0. The molecule has 9 heteroatoms. The fourth-order valence-corrected chi connectivity index (χ4v) is 3.36. The zero-order valence-electron chi connectivity index (χ0n) is 14.7. The van der Waals surface area contributed by atoms with Crippen LogP contribution < -0.4 is 0 Å². The first-order valence-electron chi connectivity index (χ1n) is 8.33. The van der Waals surface area contributed by atoms with Crippen LogP contribution in [-0.4, -0.2) is 43.7 Å². The van der Waals surface area contributed by atoms with Crippen LogP contribution in [0.3, 0.4) is 0 Å². The molecule has 0 radical (unpaired) electrons. The average molecular weight is 381 g/mol. The highest BCUT2D eigenvalue weighted by atomic mass is 19.4. The summed E-state index contributed by atoms with van der Waals surface area (Å²) in [6.07, 6.45) is -2.44. The van der Waals surface area contributed by atoms with Gasteiger partial charge in [-0.05, 0) is 51.0 Å². The highest BCUT2D eigenvalue weighted by Gasteiger charge is 2.41. The van der Waals surface area contributed by atoms with Crippen molar-refractivity contribution < 1.29 is 27.9 Å². The maximum Gasteiger partial charge on any atom is 0.434 e. The van der Waals surface area contributed by atoms with E-state index >= 15 is 0 Å². The van der Waals surface area contributed by atoms with Crippen molar-refractivity contribution in [2.75, 3.05) is 6.54 Å². The lowest BCUT2D eigenvalue weighted by Gasteiger charge is -2.31. The number of rotatable bonds is 3. The minimum atomic E-state index is -4.89. The van der Waals surface area contributed by atoms with E-state index in [1.54, 1.807) is 4.90 Å². The molecule has 27 heavy (non-hydrogen) atoms. The van der Waals surface area contributed by atoms with Gasteiger partial charge in [0.05, 0.1) is 11.9 Å². The Labute approximate surface area is 153 Å². The first-order valence-corrected chi connectivity index (χ1v) is 8.33. The van der Waals surface area contributed by atoms with Gasteiger partial charge in [-0.2, -0.15) is 18.3 Å². The molecule has 1 fully saturated rings. The fourth-order valence-electron chi connectivity index (χ4n) is 3.36. The molecule has 1 N–H and O–H groups in total. The number of aromatic nitrogens is 2. The number of carboxylic acids is 1. The number of carbonyl (C=O) groups excluding carboxylic acids is 1. The van der Waals surface area contributed by atoms with E-state index < -0.39 is 23.4 Å². The third-order valence-corrected chi connectivity index (χ3v) is 4.77. The topological polar surface area (TPSA) is 75.4 Å². The van der Waals surface area contributed by atoms with Gasteiger partial charge < -0.3 is 10.0 Å². The van der Waals surface area contributed by atoms with Crippen LogP contribution in [0.1, 0.15) is 53.1 Å². The standard InChI is InChI=1S/C18H18F3N3O3/c1-17(2)8-3-9-23(17)15(25)11-4-6-12(7-5-11)24-14(18(19,20)21)13(10-22-24)16(26)27/h4-7,10H,3,8-9H2,1-2H3,(H,26,27). The summed E-state index contributed by atoms with van der Waals surface area (Å²) in [4.78, 5) is 25.5. The number of nitrogens with zero attached hydrogens (tertiary/aromatic N) is 3. The highest BCUT2D eigenvalue weighted by Crippen LogP contribution is 2.34. The summed E-state index contributed by atoms with van der Waals surface area (Å²) >= 11 is 0. The Morgan fingerprint density at radius 3 is 2.30 bits per heavy atom. The molecule has 0 aliphatic carbocycles. The monoisotopic (exact) mass is 381 g/mol. The molecule has 1 saturated heterocycles. The molecular weight excluding hydrogens is 363 g/mol. The molecule has 0 spiro atoms. The second-order valence-corrected chi connectivity index (χ2v) is 7.04. The second-order valence-electron chi connectivity index (χ2n) is 7.04. The molecule has 1 aromatic carbocycles. The Morgan fingerprint density at radius 2 is 1.81 bits per heavy atom. The Kier molecular flexibility index (Phi) is 4.49. The minimum absolute atomic E-state index is 0.0204. The summed E-state index contributed by atoms with van der Waals surface area (Å²) in [6, 6.07) is 5.50. The number of hydrogen-bond donors (Lipinski definition) is 1. The summed E-state index contributed by atoms with van der Waals surface area (Å²) in [5.41, 5.74) is -2.19. The number of likely N-dealkylation sites (tertiary alicyclic amines) is 1. The van der Waals surface area contributed by atoms with Crippen LogP contribution in [0.5, 0.6) is 0 Å². The third-order valence-electron chi connectivity index (χ3n) is 4.77. The van der Waals surface area contributed by atoms with Gasteiger partial charge in [-0.15, -0.1) is 0 Å². The van der Waals surface area contributed by atoms with Gasteiger partial charge in [0.15, 0.2) is 5.69 Å². The molecule has 1 aromatic heterocycles. The van der Waals surface area contributed by atoms with Crippen molar-refractivity contribution in [3.8, 4) is 5.69 Å². The summed E-state index contributed by atoms with van der Waals surface area (Å²) in [5, 5.41) is 12.5. The summed E-state index contributed by atoms with van der Waals surface area (Å²) in [7, 11) is 0. The molecule has 0 bridgehead atoms. The number of carboxylic acid groups (broad SMARTS) is 1. The van der Waals surface area contributed by atoms with E-state index in [-0.39, 0.29) is 17.1 Å². The summed E-state index contributed by atoms with van der Waals surface area (Å²) in [6.45, 7) is 4.57. The quantitative estimate of drug-likeness (QED) is 0.881. The predicted molar refractivity (Wildman–Crippen MR) is 89.9 cm³/mol. The number of carbonyl (C=O) groups is 2. The number of amides is 1. The first-order chi connectivity index (χ1) is 12.5. The van der Waals surface area contributed by atoms with Crippen molar-refractivity contribution in [3.05, 3.63) is 47.3 Å². The normalized spacial score (nSPS) is 16.6. The molecule has 2 heterocycles. The zero-order valence-corrected chi connectivity index (χ0v) is 14.7. The second kappa shape index (κ2) is 6.40. The van der Waals surface area contributed by atoms with Crippen molar-refractivity contribution in [1.82, 2.24) is 14.7 Å². The van der Waals surface area contributed by atoms with Crippen LogP contribution >= 0.6 is 0 Å². The number of benzene rings is 1. The predicted octanol–water partition coefficient (Wildman–Crippen LogP) is 3.60. The van der Waals surface area contributed by atoms with E-state index in [1.807, 2.05) is 13.8 Å². The van der Waals surface area contributed by atoms with E-state index in [2.05, 4.69) is 5.10 Å². The van der Waals surface area contributed by atoms with E-state index in [9.17, 15) is 22.8 Å². The largest absolute Gasteiger partial charge is 0.478 e. The lowest BCUT2D eigenvalue weighted by Crippen LogP contribution is -2.42. The summed E-state index contributed by atoms with van der Waals surface area (Å²) in [5.74, 6) is -1.90. The molecule has 144 valence electrons. The average Bonchev–Trinajstić information content (AvgIpc) is 3.17. The molecule has 1 amide bonds. The van der Waals surface area contributed by atoms with Crippen molar-refractivity contribution >= 4 is 11.9 Å². The highest BCUT2D eigenvalue weighted by molar-refractivity contribution is 5.95. The number of halogens is 3. The van der Waals surface area contributed by atoms with Crippen LogP contribution in [-0.2, 0) is 6.18 Å². The maximum absolute atomic E-state index is 13.3. The van der Waals surface area contributed by atoms with Crippen LogP contribution in [0.15, 0.2) is 30.5 Å². The van der Waals surface area contributed by atoms with Crippen LogP contribution in [0, 0.1) is 0 Å².